The molecule has 0 spiro atoms. The van der Waals surface area contributed by atoms with E-state index in [0.717, 1.165) is 16.8 Å². The smallest absolute Gasteiger partial charge is 0.494 e. The summed E-state index contributed by atoms with van der Waals surface area (Å²) in [5, 5.41) is 0. The fraction of sp³-hybridized carbons (Fsp3) is 0.667. The molecule has 2 saturated heterocycles. The van der Waals surface area contributed by atoms with Crippen LogP contribution in [0.5, 0.6) is 5.75 Å². The quantitative estimate of drug-likeness (QED) is 0.743. The van der Waals surface area contributed by atoms with Crippen molar-refractivity contribution in [2.45, 2.75) is 71.2 Å². The van der Waals surface area contributed by atoms with Crippen LogP contribution in [0.3, 0.4) is 0 Å². The number of methoxy groups -OCH3 is 1. The first-order valence-corrected chi connectivity index (χ1v) is 9.84. The molecule has 3 rings (SSSR count). The van der Waals surface area contributed by atoms with Crippen LogP contribution in [-0.4, -0.2) is 55.1 Å². The Balaban J connectivity index is 1.70. The Hall–Kier alpha value is -1.73. The highest BCUT2D eigenvalue weighted by molar-refractivity contribution is 6.62. The summed E-state index contributed by atoms with van der Waals surface area (Å²) in [5.74, 6) is 1.02. The molecular weight excluding hydrogens is 357 g/mol. The Morgan fingerprint density at radius 3 is 2.21 bits per heavy atom. The molecule has 154 valence electrons. The third-order valence-corrected chi connectivity index (χ3v) is 5.76. The highest BCUT2D eigenvalue weighted by Crippen LogP contribution is 2.38. The van der Waals surface area contributed by atoms with Gasteiger partial charge in [0.05, 0.1) is 18.3 Å². The first-order valence-electron chi connectivity index (χ1n) is 9.84. The van der Waals surface area contributed by atoms with Gasteiger partial charge in [-0.05, 0) is 60.0 Å². The summed E-state index contributed by atoms with van der Waals surface area (Å²) in [6.07, 6.45) is -0.267. The Kier molecular flexibility index (Phi) is 5.22. The molecule has 0 unspecified atom stereocenters. The monoisotopic (exact) mass is 389 g/mol. The second kappa shape index (κ2) is 6.96. The molecule has 0 saturated carbocycles. The average Bonchev–Trinajstić information content (AvgIpc) is 2.72. The number of hydrogen-bond donors (Lipinski definition) is 0. The minimum atomic E-state index is -0.482. The van der Waals surface area contributed by atoms with Crippen molar-refractivity contribution in [1.82, 2.24) is 4.90 Å². The van der Waals surface area contributed by atoms with E-state index in [1.807, 2.05) is 60.6 Å². The van der Waals surface area contributed by atoms with Crippen LogP contribution in [-0.2, 0) is 14.0 Å². The molecule has 0 radical (unpaired) electrons. The van der Waals surface area contributed by atoms with Crippen molar-refractivity contribution in [2.75, 3.05) is 20.2 Å². The molecule has 2 aliphatic heterocycles. The summed E-state index contributed by atoms with van der Waals surface area (Å²) in [6.45, 7) is 15.0. The molecule has 0 aromatic heterocycles. The maximum atomic E-state index is 12.2. The van der Waals surface area contributed by atoms with Crippen molar-refractivity contribution in [3.05, 3.63) is 23.8 Å². The van der Waals surface area contributed by atoms with Gasteiger partial charge in [-0.3, -0.25) is 0 Å². The number of carbonyl (C=O) groups excluding carboxylic acids is 1. The summed E-state index contributed by atoms with van der Waals surface area (Å²) in [4.78, 5) is 13.9. The predicted octanol–water partition coefficient (Wildman–Crippen LogP) is 3.33. The van der Waals surface area contributed by atoms with Crippen molar-refractivity contribution in [1.29, 1.82) is 0 Å². The summed E-state index contributed by atoms with van der Waals surface area (Å²) in [6, 6.07) is 6.06. The van der Waals surface area contributed by atoms with Crippen LogP contribution in [0.2, 0.25) is 0 Å². The van der Waals surface area contributed by atoms with Gasteiger partial charge in [-0.2, -0.15) is 0 Å². The Labute approximate surface area is 168 Å². The first kappa shape index (κ1) is 21.0. The molecular formula is C21H32BNO5. The van der Waals surface area contributed by atoms with Crippen LogP contribution >= 0.6 is 0 Å². The lowest BCUT2D eigenvalue weighted by atomic mass is 9.77. The molecule has 2 aliphatic rings. The van der Waals surface area contributed by atoms with Gasteiger partial charge in [0.2, 0.25) is 0 Å². The second-order valence-electron chi connectivity index (χ2n) is 9.67. The normalized spacial score (nSPS) is 21.4. The van der Waals surface area contributed by atoms with Gasteiger partial charge >= 0.3 is 13.2 Å². The molecule has 0 aliphatic carbocycles. The van der Waals surface area contributed by atoms with E-state index in [9.17, 15) is 4.79 Å². The van der Waals surface area contributed by atoms with Crippen LogP contribution in [0.15, 0.2) is 18.2 Å². The van der Waals surface area contributed by atoms with Crippen molar-refractivity contribution in [3.63, 3.8) is 0 Å². The molecule has 6 nitrogen and oxygen atoms in total. The first-order chi connectivity index (χ1) is 12.8. The number of amides is 1. The second-order valence-corrected chi connectivity index (χ2v) is 9.67. The van der Waals surface area contributed by atoms with Gasteiger partial charge < -0.3 is 23.7 Å². The third-order valence-electron chi connectivity index (χ3n) is 5.76. The summed E-state index contributed by atoms with van der Waals surface area (Å²) >= 11 is 0. The minimum Gasteiger partial charge on any atom is -0.496 e. The van der Waals surface area contributed by atoms with Gasteiger partial charge in [0.1, 0.15) is 11.4 Å². The lowest BCUT2D eigenvalue weighted by molar-refractivity contribution is 0.00578. The topological polar surface area (TPSA) is 57.2 Å². The van der Waals surface area contributed by atoms with Crippen LogP contribution in [0.25, 0.3) is 0 Å². The Morgan fingerprint density at radius 1 is 1.14 bits per heavy atom. The van der Waals surface area contributed by atoms with Gasteiger partial charge in [-0.25, -0.2) is 4.79 Å². The standard InChI is InChI=1S/C21H32BNO5/c1-19(2,3)26-18(24)23-12-14(13-23)16-10-9-15(11-17(16)25-8)22-27-20(4,5)21(6,7)28-22/h9-11,14H,12-13H2,1-8H3. The van der Waals surface area contributed by atoms with Crippen LogP contribution in [0, 0.1) is 0 Å². The number of rotatable bonds is 3. The molecule has 0 bridgehead atoms. The third kappa shape index (κ3) is 4.01. The number of hydrogen-bond acceptors (Lipinski definition) is 5. The van der Waals surface area contributed by atoms with Crippen molar-refractivity contribution >= 4 is 18.7 Å². The highest BCUT2D eigenvalue weighted by atomic mass is 16.7. The van der Waals surface area contributed by atoms with E-state index in [-0.39, 0.29) is 23.2 Å². The Bertz CT molecular complexity index is 734. The lowest BCUT2D eigenvalue weighted by Gasteiger charge is -2.40. The Morgan fingerprint density at radius 2 is 1.71 bits per heavy atom. The number of benzene rings is 1. The van der Waals surface area contributed by atoms with Crippen molar-refractivity contribution in [3.8, 4) is 5.75 Å². The number of likely N-dealkylation sites (tertiary alicyclic amines) is 1. The summed E-state index contributed by atoms with van der Waals surface area (Å²) < 4.78 is 23.3. The van der Waals surface area contributed by atoms with Gasteiger partial charge in [-0.1, -0.05) is 12.1 Å². The molecule has 2 heterocycles. The van der Waals surface area contributed by atoms with E-state index < -0.39 is 12.7 Å². The molecule has 0 atom stereocenters. The fourth-order valence-electron chi connectivity index (χ4n) is 3.34. The molecule has 28 heavy (non-hydrogen) atoms. The molecule has 7 heteroatoms. The predicted molar refractivity (Wildman–Crippen MR) is 109 cm³/mol. The maximum absolute atomic E-state index is 12.2. The highest BCUT2D eigenvalue weighted by Gasteiger charge is 2.52. The van der Waals surface area contributed by atoms with E-state index >= 15 is 0 Å². The lowest BCUT2D eigenvalue weighted by Crippen LogP contribution is -2.50. The summed E-state index contributed by atoms with van der Waals surface area (Å²) in [7, 11) is 1.24. The fourth-order valence-corrected chi connectivity index (χ4v) is 3.34. The van der Waals surface area contributed by atoms with E-state index in [1.165, 1.54) is 0 Å². The van der Waals surface area contributed by atoms with E-state index in [2.05, 4.69) is 6.07 Å². The molecule has 1 amide bonds. The SMILES string of the molecule is COc1cc(B2OC(C)(C)C(C)(C)O2)ccc1C1CN(C(=O)OC(C)(C)C)C1. The maximum Gasteiger partial charge on any atom is 0.494 e. The molecule has 1 aromatic rings. The van der Waals surface area contributed by atoms with Crippen LogP contribution in [0.4, 0.5) is 4.79 Å². The van der Waals surface area contributed by atoms with Gasteiger partial charge in [0.25, 0.3) is 0 Å². The van der Waals surface area contributed by atoms with Crippen LogP contribution in [0.1, 0.15) is 59.9 Å². The minimum absolute atomic E-state index is 0.231. The largest absolute Gasteiger partial charge is 0.496 e. The average molecular weight is 389 g/mol. The number of ether oxygens (including phenoxy) is 2. The molecule has 0 N–H and O–H groups in total. The van der Waals surface area contributed by atoms with Gasteiger partial charge in [0.15, 0.2) is 0 Å². The van der Waals surface area contributed by atoms with Crippen molar-refractivity contribution < 1.29 is 23.6 Å². The zero-order valence-electron chi connectivity index (χ0n) is 18.3. The van der Waals surface area contributed by atoms with Gasteiger partial charge in [0, 0.05) is 24.6 Å². The summed E-state index contributed by atoms with van der Waals surface area (Å²) in [5.41, 5.74) is 0.770. The van der Waals surface area contributed by atoms with Crippen LogP contribution < -0.4 is 10.2 Å². The van der Waals surface area contributed by atoms with E-state index in [4.69, 9.17) is 18.8 Å². The molecule has 2 fully saturated rings. The van der Waals surface area contributed by atoms with Gasteiger partial charge in [-0.15, -0.1) is 0 Å². The number of nitrogens with zero attached hydrogens (tertiary/aromatic N) is 1. The zero-order valence-corrected chi connectivity index (χ0v) is 18.3. The number of carbonyl (C=O) groups is 1. The van der Waals surface area contributed by atoms with Crippen molar-refractivity contribution in [2.24, 2.45) is 0 Å². The molecule has 1 aromatic carbocycles. The van der Waals surface area contributed by atoms with E-state index in [1.54, 1.807) is 12.0 Å². The van der Waals surface area contributed by atoms with E-state index in [0.29, 0.717) is 13.1 Å². The zero-order chi connectivity index (χ0) is 20.9.